The first-order chi connectivity index (χ1) is 19.8. The van der Waals surface area contributed by atoms with Crippen LogP contribution in [0.15, 0.2) is 30.3 Å². The number of methoxy groups -OCH3 is 1. The molecular formula is C32H47F3O8. The highest BCUT2D eigenvalue weighted by molar-refractivity contribution is 5.83. The van der Waals surface area contributed by atoms with Crippen LogP contribution < -0.4 is 0 Å². The van der Waals surface area contributed by atoms with Gasteiger partial charge >= 0.3 is 24.1 Å². The van der Waals surface area contributed by atoms with E-state index in [1.54, 1.807) is 41.5 Å². The third-order valence-electron chi connectivity index (χ3n) is 7.45. The van der Waals surface area contributed by atoms with Crippen molar-refractivity contribution in [3.8, 4) is 0 Å². The Hall–Kier alpha value is -2.66. The quantitative estimate of drug-likeness (QED) is 0.193. The molecule has 1 saturated heterocycles. The number of alkyl halides is 3. The van der Waals surface area contributed by atoms with Gasteiger partial charge < -0.3 is 23.7 Å². The number of benzene rings is 1. The van der Waals surface area contributed by atoms with Crippen molar-refractivity contribution in [1.82, 2.24) is 0 Å². The molecule has 8 nitrogen and oxygen atoms in total. The summed E-state index contributed by atoms with van der Waals surface area (Å²) in [7, 11) is 0.810. The lowest BCUT2D eigenvalue weighted by molar-refractivity contribution is -0.278. The summed E-state index contributed by atoms with van der Waals surface area (Å²) in [6.07, 6.45) is -5.08. The zero-order valence-electron chi connectivity index (χ0n) is 26.5. The molecule has 1 heterocycles. The van der Waals surface area contributed by atoms with Gasteiger partial charge in [-0.05, 0) is 60.3 Å². The Morgan fingerprint density at radius 2 is 1.44 bits per heavy atom. The minimum absolute atomic E-state index is 0.0384. The van der Waals surface area contributed by atoms with E-state index in [1.165, 1.54) is 18.2 Å². The molecule has 5 atom stereocenters. The van der Waals surface area contributed by atoms with E-state index < -0.39 is 52.3 Å². The number of esters is 3. The van der Waals surface area contributed by atoms with E-state index in [2.05, 4.69) is 0 Å². The second kappa shape index (κ2) is 14.9. The predicted molar refractivity (Wildman–Crippen MR) is 153 cm³/mol. The molecule has 0 spiro atoms. The van der Waals surface area contributed by atoms with E-state index in [1.807, 2.05) is 6.92 Å². The van der Waals surface area contributed by atoms with E-state index in [-0.39, 0.29) is 44.0 Å². The zero-order chi connectivity index (χ0) is 32.6. The number of rotatable bonds is 12. The molecule has 244 valence electrons. The Morgan fingerprint density at radius 3 is 1.95 bits per heavy atom. The summed E-state index contributed by atoms with van der Waals surface area (Å²) in [5, 5.41) is 0. The van der Waals surface area contributed by atoms with Crippen molar-refractivity contribution in [3.63, 3.8) is 0 Å². The lowest BCUT2D eigenvalue weighted by atomic mass is 9.89. The van der Waals surface area contributed by atoms with Crippen LogP contribution in [0.1, 0.15) is 86.1 Å². The first kappa shape index (κ1) is 36.5. The van der Waals surface area contributed by atoms with E-state index in [4.69, 9.17) is 23.7 Å². The predicted octanol–water partition coefficient (Wildman–Crippen LogP) is 6.54. The molecule has 43 heavy (non-hydrogen) atoms. The number of halogens is 3. The second-order valence-corrected chi connectivity index (χ2v) is 13.2. The summed E-state index contributed by atoms with van der Waals surface area (Å²) in [4.78, 5) is 37.9. The average molecular weight is 617 g/mol. The Morgan fingerprint density at radius 1 is 0.884 bits per heavy atom. The van der Waals surface area contributed by atoms with Crippen molar-refractivity contribution in [2.45, 2.75) is 111 Å². The van der Waals surface area contributed by atoms with E-state index in [9.17, 15) is 27.6 Å². The SMILES string of the molecule is CO[C@](C(=O)O[C@@H](CCOC(=O)C(C)(C)C)C[C@H]1CC[C@H](C)[C@@H](CCOC(=O)C(C)(C)C)O1)(c1ccccc1)C(F)(F)F. The van der Waals surface area contributed by atoms with Gasteiger partial charge in [0.05, 0.1) is 36.3 Å². The third-order valence-corrected chi connectivity index (χ3v) is 7.45. The molecular weight excluding hydrogens is 569 g/mol. The van der Waals surface area contributed by atoms with Gasteiger partial charge in [-0.25, -0.2) is 4.79 Å². The van der Waals surface area contributed by atoms with Gasteiger partial charge in [0, 0.05) is 31.9 Å². The number of hydrogen-bond acceptors (Lipinski definition) is 8. The summed E-state index contributed by atoms with van der Waals surface area (Å²) in [6.45, 7) is 12.3. The third kappa shape index (κ3) is 9.93. The topological polar surface area (TPSA) is 97.4 Å². The molecule has 1 fully saturated rings. The Balaban J connectivity index is 2.23. The van der Waals surface area contributed by atoms with Gasteiger partial charge in [0.2, 0.25) is 0 Å². The first-order valence-electron chi connectivity index (χ1n) is 14.7. The number of hydrogen-bond donors (Lipinski definition) is 0. The molecule has 0 aromatic heterocycles. The van der Waals surface area contributed by atoms with Crippen LogP contribution in [0.2, 0.25) is 0 Å². The molecule has 1 aromatic rings. The number of carbonyl (C=O) groups excluding carboxylic acids is 3. The monoisotopic (exact) mass is 616 g/mol. The lowest BCUT2D eigenvalue weighted by Gasteiger charge is -2.37. The molecule has 0 amide bonds. The normalized spacial score (nSPS) is 21.8. The Bertz CT molecular complexity index is 1060. The maximum Gasteiger partial charge on any atom is 0.432 e. The van der Waals surface area contributed by atoms with Gasteiger partial charge in [-0.15, -0.1) is 0 Å². The van der Waals surface area contributed by atoms with Gasteiger partial charge in [-0.2, -0.15) is 13.2 Å². The smallest absolute Gasteiger partial charge is 0.432 e. The van der Waals surface area contributed by atoms with Crippen molar-refractivity contribution in [3.05, 3.63) is 35.9 Å². The van der Waals surface area contributed by atoms with E-state index >= 15 is 0 Å². The highest BCUT2D eigenvalue weighted by Gasteiger charge is 2.64. The van der Waals surface area contributed by atoms with Gasteiger partial charge in [0.25, 0.3) is 5.60 Å². The van der Waals surface area contributed by atoms with Crippen molar-refractivity contribution in [1.29, 1.82) is 0 Å². The molecule has 1 aliphatic rings. The Labute approximate surface area is 252 Å². The highest BCUT2D eigenvalue weighted by Crippen LogP contribution is 2.43. The molecule has 1 aliphatic heterocycles. The zero-order valence-corrected chi connectivity index (χ0v) is 26.5. The van der Waals surface area contributed by atoms with Crippen LogP contribution in [0.25, 0.3) is 0 Å². The van der Waals surface area contributed by atoms with Crippen molar-refractivity contribution >= 4 is 17.9 Å². The molecule has 1 aromatic carbocycles. The fourth-order valence-electron chi connectivity index (χ4n) is 4.73. The van der Waals surface area contributed by atoms with Gasteiger partial charge in [0.1, 0.15) is 6.10 Å². The van der Waals surface area contributed by atoms with Gasteiger partial charge in [0.15, 0.2) is 0 Å². The van der Waals surface area contributed by atoms with Crippen LogP contribution in [-0.2, 0) is 43.7 Å². The van der Waals surface area contributed by atoms with E-state index in [0.717, 1.165) is 25.7 Å². The fourth-order valence-corrected chi connectivity index (χ4v) is 4.73. The maximum atomic E-state index is 14.5. The summed E-state index contributed by atoms with van der Waals surface area (Å²) in [6, 6.07) is 6.59. The molecule has 0 radical (unpaired) electrons. The molecule has 2 rings (SSSR count). The summed E-state index contributed by atoms with van der Waals surface area (Å²) >= 11 is 0. The van der Waals surface area contributed by atoms with Crippen LogP contribution in [0.4, 0.5) is 13.2 Å². The summed E-state index contributed by atoms with van der Waals surface area (Å²) in [5.74, 6) is -2.27. The summed E-state index contributed by atoms with van der Waals surface area (Å²) in [5.41, 5.74) is -5.19. The van der Waals surface area contributed by atoms with Gasteiger partial charge in [-0.3, -0.25) is 9.59 Å². The van der Waals surface area contributed by atoms with E-state index in [0.29, 0.717) is 12.8 Å². The number of carbonyl (C=O) groups is 3. The van der Waals surface area contributed by atoms with Crippen molar-refractivity contribution < 1.29 is 51.2 Å². The molecule has 11 heteroatoms. The number of ether oxygens (including phenoxy) is 5. The fraction of sp³-hybridized carbons (Fsp3) is 0.719. The van der Waals surface area contributed by atoms with Crippen LogP contribution >= 0.6 is 0 Å². The van der Waals surface area contributed by atoms with Crippen LogP contribution in [0.5, 0.6) is 0 Å². The van der Waals surface area contributed by atoms with Crippen molar-refractivity contribution in [2.75, 3.05) is 20.3 Å². The van der Waals surface area contributed by atoms with Crippen LogP contribution in [-0.4, -0.2) is 62.7 Å². The Kier molecular flexibility index (Phi) is 12.6. The molecule has 0 unspecified atom stereocenters. The average Bonchev–Trinajstić information content (AvgIpc) is 2.89. The largest absolute Gasteiger partial charge is 0.465 e. The first-order valence-corrected chi connectivity index (χ1v) is 14.7. The molecule has 0 bridgehead atoms. The van der Waals surface area contributed by atoms with Crippen LogP contribution in [0, 0.1) is 16.7 Å². The van der Waals surface area contributed by atoms with Crippen molar-refractivity contribution in [2.24, 2.45) is 16.7 Å². The molecule has 0 N–H and O–H groups in total. The second-order valence-electron chi connectivity index (χ2n) is 13.2. The standard InChI is InChI=1S/C32H47F3O8/c1-21-14-15-23(42-25(21)17-19-41-27(37)30(5,6)7)20-24(16-18-40-26(36)29(2,3)4)43-28(38)31(39-8,32(33,34)35)22-12-10-9-11-13-22/h9-13,21,23-25H,14-20H2,1-8H3/t21-,23+,24-,25+,31-/m0/s1. The van der Waals surface area contributed by atoms with Crippen LogP contribution in [0.3, 0.4) is 0 Å². The molecule has 0 aliphatic carbocycles. The van der Waals surface area contributed by atoms with Gasteiger partial charge in [-0.1, -0.05) is 37.3 Å². The minimum Gasteiger partial charge on any atom is -0.465 e. The summed E-state index contributed by atoms with van der Waals surface area (Å²) < 4.78 is 70.9. The highest BCUT2D eigenvalue weighted by atomic mass is 19.4. The molecule has 0 saturated carbocycles. The maximum absolute atomic E-state index is 14.5. The minimum atomic E-state index is -5.13. The lowest BCUT2D eigenvalue weighted by Crippen LogP contribution is -2.52.